The molecule has 248 valence electrons. The predicted molar refractivity (Wildman–Crippen MR) is 217 cm³/mol. The minimum Gasteiger partial charge on any atom is -0.456 e. The zero-order valence-corrected chi connectivity index (χ0v) is 28.6. The van der Waals surface area contributed by atoms with Crippen molar-refractivity contribution in [2.45, 2.75) is 0 Å². The van der Waals surface area contributed by atoms with Gasteiger partial charge in [-0.05, 0) is 74.5 Å². The van der Waals surface area contributed by atoms with E-state index in [9.17, 15) is 0 Å². The first kappa shape index (κ1) is 30.6. The molecule has 0 saturated carbocycles. The summed E-state index contributed by atoms with van der Waals surface area (Å²) in [7, 11) is 0. The molecule has 2 heterocycles. The number of hydrogen-bond acceptors (Lipinski definition) is 4. The fourth-order valence-electron chi connectivity index (χ4n) is 7.24. The molecule has 0 amide bonds. The van der Waals surface area contributed by atoms with Crippen LogP contribution in [0.25, 0.3) is 100 Å². The molecule has 2 aromatic heterocycles. The van der Waals surface area contributed by atoms with E-state index in [2.05, 4.69) is 140 Å². The van der Waals surface area contributed by atoms with E-state index >= 15 is 0 Å². The van der Waals surface area contributed by atoms with E-state index in [1.54, 1.807) is 0 Å². The van der Waals surface area contributed by atoms with Crippen LogP contribution in [0, 0.1) is 0 Å². The molecule has 0 bridgehead atoms. The Hall–Kier alpha value is -7.17. The van der Waals surface area contributed by atoms with Crippen LogP contribution < -0.4 is 0 Å². The van der Waals surface area contributed by atoms with Gasteiger partial charge in [-0.25, -0.2) is 15.0 Å². The lowest BCUT2D eigenvalue weighted by Crippen LogP contribution is -2.00. The molecule has 0 unspecified atom stereocenters. The van der Waals surface area contributed by atoms with E-state index in [1.807, 2.05) is 48.5 Å². The van der Waals surface area contributed by atoms with Gasteiger partial charge < -0.3 is 4.42 Å². The summed E-state index contributed by atoms with van der Waals surface area (Å²) < 4.78 is 6.44. The van der Waals surface area contributed by atoms with Crippen molar-refractivity contribution in [1.29, 1.82) is 0 Å². The first-order valence-corrected chi connectivity index (χ1v) is 17.8. The van der Waals surface area contributed by atoms with Crippen LogP contribution in [0.3, 0.4) is 0 Å². The van der Waals surface area contributed by atoms with Crippen molar-refractivity contribution in [3.05, 3.63) is 188 Å². The molecule has 4 nitrogen and oxygen atoms in total. The van der Waals surface area contributed by atoms with Gasteiger partial charge in [-0.1, -0.05) is 158 Å². The number of para-hydroxylation sites is 1. The van der Waals surface area contributed by atoms with Crippen molar-refractivity contribution in [2.75, 3.05) is 0 Å². The van der Waals surface area contributed by atoms with Crippen LogP contribution in [0.4, 0.5) is 0 Å². The lowest BCUT2D eigenvalue weighted by atomic mass is 9.94. The van der Waals surface area contributed by atoms with Crippen molar-refractivity contribution in [3.8, 4) is 67.5 Å². The standard InChI is InChI=1S/C49H31N3O/c1-3-13-34(14-4-1)43-30-41(31-45-46(43)42-20-9-10-21-44(42)53-45)38-18-11-19-40(29-38)49-51-47(35-15-5-2-6-16-35)50-48(52-49)36-25-22-33(23-26-36)39-27-24-32-12-7-8-17-37(32)28-39/h1-31H. The van der Waals surface area contributed by atoms with Gasteiger partial charge in [-0.15, -0.1) is 0 Å². The van der Waals surface area contributed by atoms with E-state index in [-0.39, 0.29) is 0 Å². The van der Waals surface area contributed by atoms with Gasteiger partial charge in [0.2, 0.25) is 0 Å². The Balaban J connectivity index is 1.08. The van der Waals surface area contributed by atoms with Gasteiger partial charge in [0.15, 0.2) is 17.5 Å². The van der Waals surface area contributed by atoms with E-state index < -0.39 is 0 Å². The highest BCUT2D eigenvalue weighted by Gasteiger charge is 2.17. The number of nitrogens with zero attached hydrogens (tertiary/aromatic N) is 3. The summed E-state index contributed by atoms with van der Waals surface area (Å²) in [5, 5.41) is 4.68. The number of fused-ring (bicyclic) bond motifs is 4. The van der Waals surface area contributed by atoms with Gasteiger partial charge >= 0.3 is 0 Å². The number of hydrogen-bond donors (Lipinski definition) is 0. The van der Waals surface area contributed by atoms with Crippen LogP contribution in [-0.2, 0) is 0 Å². The molecule has 0 atom stereocenters. The Morgan fingerprint density at radius 1 is 0.302 bits per heavy atom. The SMILES string of the molecule is c1ccc(-c2nc(-c3ccc(-c4ccc5ccccc5c4)cc3)nc(-c3cccc(-c4cc(-c5ccccc5)c5c(c4)oc4ccccc45)c3)n2)cc1. The fourth-order valence-corrected chi connectivity index (χ4v) is 7.24. The average Bonchev–Trinajstić information content (AvgIpc) is 3.62. The summed E-state index contributed by atoms with van der Waals surface area (Å²) in [4.78, 5) is 15.1. The lowest BCUT2D eigenvalue weighted by molar-refractivity contribution is 0.669. The second kappa shape index (κ2) is 12.9. The molecule has 10 aromatic rings. The topological polar surface area (TPSA) is 51.8 Å². The van der Waals surface area contributed by atoms with Crippen molar-refractivity contribution in [2.24, 2.45) is 0 Å². The van der Waals surface area contributed by atoms with Crippen molar-refractivity contribution in [1.82, 2.24) is 15.0 Å². The Bertz CT molecular complexity index is 2930. The van der Waals surface area contributed by atoms with Crippen molar-refractivity contribution < 1.29 is 4.42 Å². The van der Waals surface area contributed by atoms with Crippen LogP contribution in [0.15, 0.2) is 192 Å². The number of furan rings is 1. The summed E-state index contributed by atoms with van der Waals surface area (Å²) in [6.45, 7) is 0. The Kier molecular flexibility index (Phi) is 7.43. The Morgan fingerprint density at radius 3 is 1.62 bits per heavy atom. The smallest absolute Gasteiger partial charge is 0.164 e. The van der Waals surface area contributed by atoms with Crippen LogP contribution in [0.5, 0.6) is 0 Å². The molecule has 8 aromatic carbocycles. The molecule has 0 aliphatic carbocycles. The molecule has 4 heteroatoms. The number of rotatable bonds is 6. The van der Waals surface area contributed by atoms with Crippen LogP contribution in [0.2, 0.25) is 0 Å². The van der Waals surface area contributed by atoms with Crippen LogP contribution in [0.1, 0.15) is 0 Å². The number of benzene rings is 8. The molecular formula is C49H31N3O. The minimum atomic E-state index is 0.613. The molecule has 0 saturated heterocycles. The van der Waals surface area contributed by atoms with Crippen molar-refractivity contribution in [3.63, 3.8) is 0 Å². The summed E-state index contributed by atoms with van der Waals surface area (Å²) in [5.41, 5.74) is 11.2. The monoisotopic (exact) mass is 677 g/mol. The molecule has 10 rings (SSSR count). The maximum atomic E-state index is 6.44. The minimum absolute atomic E-state index is 0.613. The molecule has 0 spiro atoms. The lowest BCUT2D eigenvalue weighted by Gasteiger charge is -2.11. The highest BCUT2D eigenvalue weighted by atomic mass is 16.3. The quantitative estimate of drug-likeness (QED) is 0.176. The fraction of sp³-hybridized carbons (Fsp3) is 0. The molecule has 0 fully saturated rings. The van der Waals surface area contributed by atoms with Crippen LogP contribution >= 0.6 is 0 Å². The third-order valence-corrected chi connectivity index (χ3v) is 9.91. The van der Waals surface area contributed by atoms with Gasteiger partial charge in [0.05, 0.1) is 0 Å². The van der Waals surface area contributed by atoms with E-state index in [0.717, 1.165) is 66.4 Å². The van der Waals surface area contributed by atoms with Gasteiger partial charge in [0.1, 0.15) is 11.2 Å². The second-order valence-electron chi connectivity index (χ2n) is 13.3. The molecule has 0 aliphatic rings. The Labute approximate surface area is 306 Å². The third-order valence-electron chi connectivity index (χ3n) is 9.91. The predicted octanol–water partition coefficient (Wildman–Crippen LogP) is 12.9. The van der Waals surface area contributed by atoms with E-state index in [0.29, 0.717) is 17.5 Å². The molecule has 0 aliphatic heterocycles. The van der Waals surface area contributed by atoms with Gasteiger partial charge in [0.25, 0.3) is 0 Å². The van der Waals surface area contributed by atoms with Gasteiger partial charge in [0, 0.05) is 27.5 Å². The highest BCUT2D eigenvalue weighted by Crippen LogP contribution is 2.40. The van der Waals surface area contributed by atoms with Crippen LogP contribution in [-0.4, -0.2) is 15.0 Å². The summed E-state index contributed by atoms with van der Waals surface area (Å²) in [5.74, 6) is 1.87. The third kappa shape index (κ3) is 5.73. The summed E-state index contributed by atoms with van der Waals surface area (Å²) in [6.07, 6.45) is 0. The summed E-state index contributed by atoms with van der Waals surface area (Å²) >= 11 is 0. The molecule has 0 N–H and O–H groups in total. The zero-order chi connectivity index (χ0) is 35.1. The molecule has 0 radical (unpaired) electrons. The van der Waals surface area contributed by atoms with Crippen molar-refractivity contribution >= 4 is 32.7 Å². The average molecular weight is 678 g/mol. The molecule has 53 heavy (non-hydrogen) atoms. The van der Waals surface area contributed by atoms with Gasteiger partial charge in [-0.3, -0.25) is 0 Å². The first-order valence-electron chi connectivity index (χ1n) is 17.8. The Morgan fingerprint density at radius 2 is 0.849 bits per heavy atom. The highest BCUT2D eigenvalue weighted by molar-refractivity contribution is 6.13. The zero-order valence-electron chi connectivity index (χ0n) is 28.6. The first-order chi connectivity index (χ1) is 26.2. The second-order valence-corrected chi connectivity index (χ2v) is 13.3. The summed E-state index contributed by atoms with van der Waals surface area (Å²) in [6, 6.07) is 65.2. The van der Waals surface area contributed by atoms with E-state index in [1.165, 1.54) is 16.3 Å². The molecular weight excluding hydrogens is 647 g/mol. The largest absolute Gasteiger partial charge is 0.456 e. The van der Waals surface area contributed by atoms with E-state index in [4.69, 9.17) is 19.4 Å². The maximum Gasteiger partial charge on any atom is 0.164 e. The maximum absolute atomic E-state index is 6.44. The number of aromatic nitrogens is 3. The normalized spacial score (nSPS) is 11.4. The van der Waals surface area contributed by atoms with Gasteiger partial charge in [-0.2, -0.15) is 0 Å².